The molecule has 0 unspecified atom stereocenters. The summed E-state index contributed by atoms with van der Waals surface area (Å²) in [5.41, 5.74) is -0.437. The minimum absolute atomic E-state index is 0.0253. The van der Waals surface area contributed by atoms with E-state index in [2.05, 4.69) is 11.9 Å². The molecule has 1 atom stereocenters. The van der Waals surface area contributed by atoms with E-state index < -0.39 is 5.60 Å². The monoisotopic (exact) mass is 327 g/mol. The lowest BCUT2D eigenvalue weighted by Gasteiger charge is -2.17. The van der Waals surface area contributed by atoms with Crippen molar-refractivity contribution in [2.45, 2.75) is 58.0 Å². The van der Waals surface area contributed by atoms with Crippen molar-refractivity contribution >= 4 is 17.6 Å². The van der Waals surface area contributed by atoms with Crippen molar-refractivity contribution in [2.24, 2.45) is 4.99 Å². The number of ketones is 1. The quantitative estimate of drug-likeness (QED) is 0.503. The van der Waals surface area contributed by atoms with E-state index in [1.165, 1.54) is 31.4 Å². The van der Waals surface area contributed by atoms with Gasteiger partial charge in [-0.15, -0.1) is 0 Å². The Labute approximate surface area is 143 Å². The van der Waals surface area contributed by atoms with Gasteiger partial charge in [-0.05, 0) is 37.6 Å². The average Bonchev–Trinajstić information content (AvgIpc) is 2.89. The molecule has 1 heterocycles. The van der Waals surface area contributed by atoms with Crippen LogP contribution in [0.2, 0.25) is 0 Å². The van der Waals surface area contributed by atoms with Crippen LogP contribution in [0.25, 0.3) is 0 Å². The molecule has 24 heavy (non-hydrogen) atoms. The van der Waals surface area contributed by atoms with Gasteiger partial charge in [-0.1, -0.05) is 50.8 Å². The second-order valence-corrected chi connectivity index (χ2v) is 6.26. The van der Waals surface area contributed by atoms with Crippen molar-refractivity contribution in [1.29, 1.82) is 0 Å². The van der Waals surface area contributed by atoms with Crippen LogP contribution < -0.4 is 0 Å². The van der Waals surface area contributed by atoms with Gasteiger partial charge in [0.2, 0.25) is 11.5 Å². The first-order valence-corrected chi connectivity index (χ1v) is 8.65. The maximum absolute atomic E-state index is 12.1. The van der Waals surface area contributed by atoms with Crippen LogP contribution in [-0.4, -0.2) is 23.2 Å². The summed E-state index contributed by atoms with van der Waals surface area (Å²) in [5.74, 6) is -0.0506. The molecule has 1 aliphatic heterocycles. The van der Waals surface area contributed by atoms with E-state index >= 15 is 0 Å². The third kappa shape index (κ3) is 4.88. The second-order valence-electron chi connectivity index (χ2n) is 6.26. The number of benzene rings is 1. The number of ether oxygens (including phenoxy) is 1. The van der Waals surface area contributed by atoms with Crippen molar-refractivity contribution in [3.8, 4) is 0 Å². The summed E-state index contributed by atoms with van der Waals surface area (Å²) >= 11 is 0. The molecule has 2 rings (SSSR count). The number of nitrogens with zero attached hydrogens (tertiary/aromatic N) is 1. The third-order valence-corrected chi connectivity index (χ3v) is 4.07. The molecule has 0 bridgehead atoms. The Bertz CT molecular complexity index is 634. The molecule has 0 aliphatic carbocycles. The van der Waals surface area contributed by atoms with Crippen LogP contribution in [0.15, 0.2) is 47.5 Å². The molecule has 0 spiro atoms. The Kier molecular flexibility index (Phi) is 6.47. The summed E-state index contributed by atoms with van der Waals surface area (Å²) in [5, 5.41) is 0. The fourth-order valence-electron chi connectivity index (χ4n) is 2.52. The zero-order valence-electron chi connectivity index (χ0n) is 14.5. The van der Waals surface area contributed by atoms with Crippen molar-refractivity contribution in [2.75, 3.05) is 0 Å². The second kappa shape index (κ2) is 8.57. The van der Waals surface area contributed by atoms with Crippen molar-refractivity contribution in [3.05, 3.63) is 48.0 Å². The normalized spacial score (nSPS) is 20.2. The number of aliphatic imine (C=N–C) groups is 1. The number of rotatable bonds is 9. The fourth-order valence-corrected chi connectivity index (χ4v) is 2.52. The molecule has 1 aromatic rings. The molecule has 0 radical (unpaired) electrons. The Morgan fingerprint density at radius 1 is 1.17 bits per heavy atom. The van der Waals surface area contributed by atoms with Crippen LogP contribution in [-0.2, 0) is 14.3 Å². The van der Waals surface area contributed by atoms with Gasteiger partial charge in [0.25, 0.3) is 5.91 Å². The molecule has 0 saturated carbocycles. The number of carbonyl (C=O) groups excluding carboxylic acids is 2. The Hall–Kier alpha value is -2.23. The van der Waals surface area contributed by atoms with E-state index in [-0.39, 0.29) is 11.7 Å². The van der Waals surface area contributed by atoms with E-state index in [0.29, 0.717) is 12.3 Å². The highest BCUT2D eigenvalue weighted by Crippen LogP contribution is 2.24. The van der Waals surface area contributed by atoms with Crippen LogP contribution in [0, 0.1) is 0 Å². The first kappa shape index (κ1) is 18.1. The maximum atomic E-state index is 12.1. The Balaban J connectivity index is 1.88. The highest BCUT2D eigenvalue weighted by molar-refractivity contribution is 6.10. The van der Waals surface area contributed by atoms with Crippen LogP contribution in [0.5, 0.6) is 0 Å². The molecule has 0 saturated heterocycles. The summed E-state index contributed by atoms with van der Waals surface area (Å²) < 4.78 is 5.72. The lowest BCUT2D eigenvalue weighted by molar-refractivity contribution is -0.126. The van der Waals surface area contributed by atoms with Crippen LogP contribution in [0.3, 0.4) is 0 Å². The van der Waals surface area contributed by atoms with E-state index in [1.54, 1.807) is 6.92 Å². The Morgan fingerprint density at radius 3 is 2.58 bits per heavy atom. The molecular formula is C20H25NO3. The zero-order valence-corrected chi connectivity index (χ0v) is 14.5. The molecule has 1 aliphatic rings. The van der Waals surface area contributed by atoms with Gasteiger partial charge in [-0.25, -0.2) is 0 Å². The number of unbranched alkanes of at least 4 members (excludes halogenated alkanes) is 4. The van der Waals surface area contributed by atoms with Gasteiger partial charge in [-0.2, -0.15) is 4.99 Å². The van der Waals surface area contributed by atoms with Gasteiger partial charge in [0.15, 0.2) is 5.78 Å². The van der Waals surface area contributed by atoms with Crippen molar-refractivity contribution in [3.63, 3.8) is 0 Å². The minimum Gasteiger partial charge on any atom is -0.456 e. The third-order valence-electron chi connectivity index (χ3n) is 4.07. The smallest absolute Gasteiger partial charge is 0.296 e. The predicted octanol–water partition coefficient (Wildman–Crippen LogP) is 4.23. The van der Waals surface area contributed by atoms with Crippen LogP contribution in [0.4, 0.5) is 0 Å². The first-order valence-electron chi connectivity index (χ1n) is 8.65. The molecule has 1 aromatic carbocycles. The molecule has 4 heteroatoms. The van der Waals surface area contributed by atoms with E-state index in [1.807, 2.05) is 30.3 Å². The predicted molar refractivity (Wildman–Crippen MR) is 95.0 cm³/mol. The summed E-state index contributed by atoms with van der Waals surface area (Å²) in [6.07, 6.45) is 9.03. The number of amides is 1. The Morgan fingerprint density at radius 2 is 1.88 bits per heavy atom. The maximum Gasteiger partial charge on any atom is 0.296 e. The summed E-state index contributed by atoms with van der Waals surface area (Å²) in [7, 11) is 0. The lowest BCUT2D eigenvalue weighted by atomic mass is 10.0. The van der Waals surface area contributed by atoms with Gasteiger partial charge < -0.3 is 4.74 Å². The number of carbonyl (C=O) groups is 2. The van der Waals surface area contributed by atoms with Crippen molar-refractivity contribution in [1.82, 2.24) is 0 Å². The highest BCUT2D eigenvalue weighted by atomic mass is 16.5. The molecule has 1 amide bonds. The molecule has 4 nitrogen and oxygen atoms in total. The average molecular weight is 327 g/mol. The first-order chi connectivity index (χ1) is 11.5. The van der Waals surface area contributed by atoms with Gasteiger partial charge in [0, 0.05) is 12.0 Å². The van der Waals surface area contributed by atoms with E-state index in [9.17, 15) is 9.59 Å². The fraction of sp³-hybridized carbons (Fsp3) is 0.450. The molecule has 128 valence electrons. The zero-order chi connectivity index (χ0) is 17.4. The highest BCUT2D eigenvalue weighted by Gasteiger charge is 2.40. The van der Waals surface area contributed by atoms with E-state index in [4.69, 9.17) is 4.74 Å². The topological polar surface area (TPSA) is 55.7 Å². The molecule has 0 aromatic heterocycles. The standard InChI is InChI=1S/C20H25NO3/c1-3-4-5-6-10-13-17(22)14-15-20(2)19(23)21-18(24-20)16-11-8-7-9-12-16/h7-9,11-12,14-15H,3-6,10,13H2,1-2H3/b15-14+/t20-/m1/s1. The number of hydrogen-bond donors (Lipinski definition) is 0. The minimum atomic E-state index is -1.19. The number of hydrogen-bond acceptors (Lipinski definition) is 3. The van der Waals surface area contributed by atoms with Crippen LogP contribution >= 0.6 is 0 Å². The van der Waals surface area contributed by atoms with Gasteiger partial charge in [0.1, 0.15) is 0 Å². The number of allylic oxidation sites excluding steroid dienone is 1. The summed E-state index contributed by atoms with van der Waals surface area (Å²) in [6, 6.07) is 9.28. The summed E-state index contributed by atoms with van der Waals surface area (Å²) in [4.78, 5) is 28.1. The van der Waals surface area contributed by atoms with Gasteiger partial charge in [-0.3, -0.25) is 9.59 Å². The molecular weight excluding hydrogens is 302 g/mol. The SMILES string of the molecule is CCCCCCCC(=O)/C=C/[C@@]1(C)OC(c2ccccc2)=NC1=O. The van der Waals surface area contributed by atoms with Crippen LogP contribution in [0.1, 0.15) is 57.9 Å². The van der Waals surface area contributed by atoms with Gasteiger partial charge in [0.05, 0.1) is 0 Å². The van der Waals surface area contributed by atoms with E-state index in [0.717, 1.165) is 18.4 Å². The lowest BCUT2D eigenvalue weighted by Crippen LogP contribution is -2.31. The molecule has 0 N–H and O–H groups in total. The van der Waals surface area contributed by atoms with Gasteiger partial charge >= 0.3 is 0 Å². The molecule has 0 fully saturated rings. The van der Waals surface area contributed by atoms with Crippen molar-refractivity contribution < 1.29 is 14.3 Å². The summed E-state index contributed by atoms with van der Waals surface area (Å²) in [6.45, 7) is 3.80. The largest absolute Gasteiger partial charge is 0.456 e.